The summed E-state index contributed by atoms with van der Waals surface area (Å²) in [6.07, 6.45) is 2.27. The largest absolute Gasteiger partial charge is 0.319 e. The van der Waals surface area contributed by atoms with E-state index in [1.807, 2.05) is 0 Å². The third-order valence-corrected chi connectivity index (χ3v) is 18.3. The highest BCUT2D eigenvalue weighted by molar-refractivity contribution is 9.10. The Labute approximate surface area is 285 Å². The Hall–Kier alpha value is -2.17. The van der Waals surface area contributed by atoms with Crippen LogP contribution in [-0.2, 0) is 9.05 Å². The predicted molar refractivity (Wildman–Crippen MR) is 206 cm³/mol. The van der Waals surface area contributed by atoms with Crippen molar-refractivity contribution in [3.05, 3.63) is 94.0 Å². The lowest BCUT2D eigenvalue weighted by molar-refractivity contribution is 0.185. The number of hydroxylamine groups is 2. The van der Waals surface area contributed by atoms with Gasteiger partial charge in [0.05, 0.1) is 16.9 Å². The molecule has 0 bridgehead atoms. The average Bonchev–Trinajstić information content (AvgIpc) is 2.93. The zero-order valence-corrected chi connectivity index (χ0v) is 33.9. The zero-order valence-electron chi connectivity index (χ0n) is 30.3. The summed E-state index contributed by atoms with van der Waals surface area (Å²) in [5, 5.41) is 4.43. The van der Waals surface area contributed by atoms with Crippen molar-refractivity contribution in [1.82, 2.24) is 0 Å². The predicted octanol–water partition coefficient (Wildman–Crippen LogP) is 12.3. The molecule has 0 fully saturated rings. The summed E-state index contributed by atoms with van der Waals surface area (Å²) in [6.45, 7) is 32.5. The van der Waals surface area contributed by atoms with Crippen LogP contribution in [0.5, 0.6) is 0 Å². The number of hydrogen-bond acceptors (Lipinski definition) is 4. The zero-order chi connectivity index (χ0) is 34.0. The molecule has 246 valence electrons. The van der Waals surface area contributed by atoms with Crippen molar-refractivity contribution < 1.29 is 9.05 Å². The van der Waals surface area contributed by atoms with Crippen molar-refractivity contribution in [3.63, 3.8) is 0 Å². The Morgan fingerprint density at radius 2 is 1.07 bits per heavy atom. The highest BCUT2D eigenvalue weighted by atomic mass is 79.9. The summed E-state index contributed by atoms with van der Waals surface area (Å²) in [6, 6.07) is 26.1. The van der Waals surface area contributed by atoms with Crippen LogP contribution in [0.2, 0.25) is 36.3 Å². The average molecular weight is 710 g/mol. The standard InChI is InChI=1S/C38H57BrN2O2Si2/c1-15-40(42-44(11,12)37(5,6)7)33-24-18-30(19-25-33)35(28-29-16-22-32(39)23-17-29)31-20-26-34(27-21-31)41(36(2,3)4)43-45(13,14)38(8,9)10/h16-28H,15H2,1-14H3/b35-28-. The molecule has 7 heteroatoms. The third-order valence-electron chi connectivity index (χ3n) is 9.23. The van der Waals surface area contributed by atoms with Gasteiger partial charge in [0, 0.05) is 11.0 Å². The molecule has 0 atom stereocenters. The topological polar surface area (TPSA) is 24.9 Å². The van der Waals surface area contributed by atoms with Crippen LogP contribution in [0.4, 0.5) is 11.4 Å². The van der Waals surface area contributed by atoms with E-state index in [1.54, 1.807) is 0 Å². The van der Waals surface area contributed by atoms with Gasteiger partial charge in [0.15, 0.2) is 0 Å². The van der Waals surface area contributed by atoms with E-state index in [4.69, 9.17) is 9.05 Å². The molecule has 0 aliphatic rings. The summed E-state index contributed by atoms with van der Waals surface area (Å²) < 4.78 is 14.6. The first kappa shape index (κ1) is 37.3. The van der Waals surface area contributed by atoms with Gasteiger partial charge in [-0.1, -0.05) is 93.9 Å². The van der Waals surface area contributed by atoms with Gasteiger partial charge in [-0.25, -0.2) is 0 Å². The normalized spacial score (nSPS) is 13.6. The molecular weight excluding hydrogens is 653 g/mol. The van der Waals surface area contributed by atoms with E-state index in [0.29, 0.717) is 0 Å². The van der Waals surface area contributed by atoms with E-state index in [-0.39, 0.29) is 15.6 Å². The van der Waals surface area contributed by atoms with E-state index in [9.17, 15) is 0 Å². The molecular formula is C38H57BrN2O2Si2. The second-order valence-corrected chi connectivity index (χ2v) is 26.4. The minimum absolute atomic E-state index is 0.103. The van der Waals surface area contributed by atoms with Crippen LogP contribution in [-0.4, -0.2) is 28.7 Å². The Morgan fingerprint density at radius 3 is 1.47 bits per heavy atom. The number of anilines is 2. The lowest BCUT2D eigenvalue weighted by Gasteiger charge is -2.45. The number of halogens is 1. The van der Waals surface area contributed by atoms with Crippen LogP contribution >= 0.6 is 15.9 Å². The smallest absolute Gasteiger partial charge is 0.228 e. The quantitative estimate of drug-likeness (QED) is 0.119. The van der Waals surface area contributed by atoms with Crippen LogP contribution in [0.15, 0.2) is 77.3 Å². The van der Waals surface area contributed by atoms with Gasteiger partial charge >= 0.3 is 0 Å². The van der Waals surface area contributed by atoms with Crippen molar-refractivity contribution in [2.45, 2.75) is 111 Å². The molecule has 0 aromatic heterocycles. The van der Waals surface area contributed by atoms with Crippen LogP contribution in [0, 0.1) is 0 Å². The van der Waals surface area contributed by atoms with Crippen LogP contribution in [0.25, 0.3) is 11.6 Å². The Balaban J connectivity index is 2.04. The fourth-order valence-corrected chi connectivity index (χ4v) is 6.73. The maximum atomic E-state index is 6.89. The lowest BCUT2D eigenvalue weighted by Crippen LogP contribution is -2.52. The maximum absolute atomic E-state index is 6.89. The summed E-state index contributed by atoms with van der Waals surface area (Å²) >= 11 is 3.58. The van der Waals surface area contributed by atoms with Gasteiger partial charge < -0.3 is 9.05 Å². The van der Waals surface area contributed by atoms with Gasteiger partial charge in [0.2, 0.25) is 16.6 Å². The minimum atomic E-state index is -2.05. The highest BCUT2D eigenvalue weighted by Crippen LogP contribution is 2.41. The first-order chi connectivity index (χ1) is 20.6. The Morgan fingerprint density at radius 1 is 0.644 bits per heavy atom. The van der Waals surface area contributed by atoms with E-state index >= 15 is 0 Å². The van der Waals surface area contributed by atoms with Crippen molar-refractivity contribution >= 4 is 55.6 Å². The van der Waals surface area contributed by atoms with Crippen molar-refractivity contribution in [3.8, 4) is 0 Å². The van der Waals surface area contributed by atoms with Crippen molar-refractivity contribution in [1.29, 1.82) is 0 Å². The van der Waals surface area contributed by atoms with Gasteiger partial charge in [0.25, 0.3) is 0 Å². The molecule has 0 radical (unpaired) electrons. The van der Waals surface area contributed by atoms with Crippen LogP contribution in [0.1, 0.15) is 85.9 Å². The SMILES string of the molecule is CCN(O[Si](C)(C)C(C)(C)C)c1ccc(/C(=C/c2ccc(Br)cc2)c2ccc(N(O[Si](C)(C)C(C)(C)C)C(C)(C)C)cc2)cc1. The Bertz CT molecular complexity index is 1430. The number of benzene rings is 3. The summed E-state index contributed by atoms with van der Waals surface area (Å²) in [4.78, 5) is 0. The fourth-order valence-electron chi connectivity index (χ4n) is 4.30. The van der Waals surface area contributed by atoms with Gasteiger partial charge in [-0.15, -0.1) is 0 Å². The van der Waals surface area contributed by atoms with Crippen LogP contribution in [0.3, 0.4) is 0 Å². The summed E-state index contributed by atoms with van der Waals surface area (Å²) in [7, 11) is -4.02. The van der Waals surface area contributed by atoms with E-state index in [2.05, 4.69) is 200 Å². The molecule has 0 aliphatic heterocycles. The number of rotatable bonds is 10. The minimum Gasteiger partial charge on any atom is -0.319 e. The highest BCUT2D eigenvalue weighted by Gasteiger charge is 2.42. The van der Waals surface area contributed by atoms with Gasteiger partial charge in [-0.05, 0) is 129 Å². The molecule has 3 aromatic rings. The maximum Gasteiger partial charge on any atom is 0.228 e. The molecule has 0 amide bonds. The molecule has 0 heterocycles. The summed E-state index contributed by atoms with van der Waals surface area (Å²) in [5.74, 6) is 0. The van der Waals surface area contributed by atoms with E-state index in [1.165, 1.54) is 0 Å². The fraction of sp³-hybridized carbons (Fsp3) is 0.474. The molecule has 0 saturated carbocycles. The second-order valence-electron chi connectivity index (χ2n) is 16.1. The third kappa shape index (κ3) is 9.44. The Kier molecular flexibility index (Phi) is 11.5. The number of nitrogens with zero attached hydrogens (tertiary/aromatic N) is 2. The van der Waals surface area contributed by atoms with Gasteiger partial charge in [0.1, 0.15) is 0 Å². The van der Waals surface area contributed by atoms with Gasteiger partial charge in [-0.3, -0.25) is 10.1 Å². The molecule has 0 aliphatic carbocycles. The van der Waals surface area contributed by atoms with Crippen molar-refractivity contribution in [2.75, 3.05) is 16.7 Å². The number of hydrogen-bond donors (Lipinski definition) is 0. The molecule has 0 spiro atoms. The molecule has 3 aromatic carbocycles. The summed E-state index contributed by atoms with van der Waals surface area (Å²) in [5.41, 5.74) is 6.57. The van der Waals surface area contributed by atoms with Crippen LogP contribution < -0.4 is 10.1 Å². The molecule has 0 N–H and O–H groups in total. The van der Waals surface area contributed by atoms with Gasteiger partial charge in [-0.2, -0.15) is 0 Å². The molecule has 4 nitrogen and oxygen atoms in total. The molecule has 0 unspecified atom stereocenters. The van der Waals surface area contributed by atoms with E-state index < -0.39 is 16.6 Å². The van der Waals surface area contributed by atoms with Crippen molar-refractivity contribution in [2.24, 2.45) is 0 Å². The first-order valence-corrected chi connectivity index (χ1v) is 22.8. The monoisotopic (exact) mass is 708 g/mol. The molecule has 0 saturated heterocycles. The first-order valence-electron chi connectivity index (χ1n) is 16.2. The molecule has 45 heavy (non-hydrogen) atoms. The second kappa shape index (κ2) is 13.9. The lowest BCUT2D eigenvalue weighted by atomic mass is 9.95. The molecule has 3 rings (SSSR count). The van der Waals surface area contributed by atoms with E-state index in [0.717, 1.165) is 44.7 Å².